The Morgan fingerprint density at radius 3 is 2.20 bits per heavy atom. The molecule has 0 nitrogen and oxygen atoms in total. The van der Waals surface area contributed by atoms with Gasteiger partial charge in [0.05, 0.1) is 0 Å². The zero-order valence-corrected chi connectivity index (χ0v) is 3.87. The molecule has 0 saturated carbocycles. The van der Waals surface area contributed by atoms with Crippen molar-refractivity contribution >= 4 is 11.6 Å². The predicted molar refractivity (Wildman–Crippen MR) is 25.0 cm³/mol. The highest BCUT2D eigenvalue weighted by molar-refractivity contribution is 6.25. The fourth-order valence-electron chi connectivity index (χ4n) is 0.0727. The van der Waals surface area contributed by atoms with Gasteiger partial charge in [-0.2, -0.15) is 0 Å². The average molecular weight is 89.5 g/mol. The first-order chi connectivity index (χ1) is 2.41. The Kier molecular flexibility index (Phi) is 4.05. The Morgan fingerprint density at radius 1 is 1.60 bits per heavy atom. The highest BCUT2D eigenvalue weighted by Crippen LogP contribution is 1.78. The van der Waals surface area contributed by atoms with Gasteiger partial charge in [-0.15, -0.1) is 0 Å². The van der Waals surface area contributed by atoms with Crippen molar-refractivity contribution in [2.75, 3.05) is 0 Å². The van der Waals surface area contributed by atoms with Crippen LogP contribution in [0.5, 0.6) is 0 Å². The molecular weight excluding hydrogens is 83.5 g/mol. The van der Waals surface area contributed by atoms with E-state index in [1.807, 2.05) is 13.3 Å². The van der Waals surface area contributed by atoms with Crippen LogP contribution in [-0.4, -0.2) is 0 Å². The van der Waals surface area contributed by atoms with E-state index in [1.54, 1.807) is 6.08 Å². The van der Waals surface area contributed by atoms with Gasteiger partial charge in [0.15, 0.2) is 0 Å². The summed E-state index contributed by atoms with van der Waals surface area (Å²) in [5, 5.41) is 0. The molecular formula is C4H6Cl. The number of hydrogen-bond donors (Lipinski definition) is 0. The molecule has 0 unspecified atom stereocenters. The van der Waals surface area contributed by atoms with Crippen LogP contribution in [0.4, 0.5) is 0 Å². The third-order valence-electron chi connectivity index (χ3n) is 0.265. The summed E-state index contributed by atoms with van der Waals surface area (Å²) in [5.74, 6) is 0. The predicted octanol–water partition coefficient (Wildman–Crippen LogP) is 1.96. The van der Waals surface area contributed by atoms with Crippen molar-refractivity contribution in [2.24, 2.45) is 0 Å². The largest absolute Gasteiger partial charge is 0.0933 e. The lowest BCUT2D eigenvalue weighted by Gasteiger charge is -1.62. The molecule has 0 rings (SSSR count). The summed E-state index contributed by atoms with van der Waals surface area (Å²) in [6.07, 6.45) is 3.63. The van der Waals surface area contributed by atoms with Gasteiger partial charge in [-0.3, -0.25) is 0 Å². The average Bonchev–Trinajstić information content (AvgIpc) is 1.41. The Hall–Kier alpha value is 0.0300. The summed E-state index contributed by atoms with van der Waals surface area (Å²) < 4.78 is 0. The van der Waals surface area contributed by atoms with E-state index < -0.39 is 0 Å². The van der Waals surface area contributed by atoms with Crippen molar-refractivity contribution in [1.29, 1.82) is 0 Å². The minimum atomic E-state index is 1.47. The van der Waals surface area contributed by atoms with Crippen molar-refractivity contribution < 1.29 is 0 Å². The highest BCUT2D eigenvalue weighted by atomic mass is 35.5. The van der Waals surface area contributed by atoms with Crippen molar-refractivity contribution in [3.63, 3.8) is 0 Å². The number of allylic oxidation sites excluding steroid dienone is 1. The third-order valence-corrected chi connectivity index (χ3v) is 0.411. The summed E-state index contributed by atoms with van der Waals surface area (Å²) >= 11 is 5.09. The molecule has 0 spiro atoms. The quantitative estimate of drug-likeness (QED) is 0.461. The molecule has 1 heteroatoms. The Morgan fingerprint density at radius 2 is 2.20 bits per heavy atom. The number of hydrogen-bond acceptors (Lipinski definition) is 0. The van der Waals surface area contributed by atoms with E-state index in [9.17, 15) is 0 Å². The molecule has 0 atom stereocenters. The smallest absolute Gasteiger partial charge is 0.000536 e. The number of halogens is 1. The van der Waals surface area contributed by atoms with Crippen LogP contribution in [0.2, 0.25) is 0 Å². The normalized spacial score (nSPS) is 10.0. The van der Waals surface area contributed by atoms with Crippen molar-refractivity contribution in [1.82, 2.24) is 0 Å². The lowest BCUT2D eigenvalue weighted by molar-refractivity contribution is 1.57. The lowest BCUT2D eigenvalue weighted by atomic mass is 10.5. The molecule has 29 valence electrons. The van der Waals surface area contributed by atoms with Crippen molar-refractivity contribution in [3.8, 4) is 0 Å². The SMILES string of the molecule is C[CH]/C=C/Cl. The van der Waals surface area contributed by atoms with Gasteiger partial charge in [0, 0.05) is 5.54 Å². The first-order valence-electron chi connectivity index (χ1n) is 1.46. The second kappa shape index (κ2) is 4.03. The monoisotopic (exact) mass is 89.0 g/mol. The summed E-state index contributed by atoms with van der Waals surface area (Å²) in [6, 6.07) is 0. The third kappa shape index (κ3) is 4.03. The number of rotatable bonds is 1. The molecule has 0 aromatic carbocycles. The summed E-state index contributed by atoms with van der Waals surface area (Å²) in [7, 11) is 0. The van der Waals surface area contributed by atoms with E-state index in [-0.39, 0.29) is 0 Å². The van der Waals surface area contributed by atoms with Gasteiger partial charge in [-0.05, 0) is 6.42 Å². The van der Waals surface area contributed by atoms with Crippen molar-refractivity contribution in [3.05, 3.63) is 18.0 Å². The van der Waals surface area contributed by atoms with Gasteiger partial charge in [0.1, 0.15) is 0 Å². The van der Waals surface area contributed by atoms with Crippen LogP contribution in [0.15, 0.2) is 11.6 Å². The molecule has 5 heavy (non-hydrogen) atoms. The highest BCUT2D eigenvalue weighted by Gasteiger charge is 1.54. The molecule has 0 saturated heterocycles. The Balaban J connectivity index is 2.62. The maximum Gasteiger partial charge on any atom is 0.000536 e. The minimum absolute atomic E-state index is 1.47. The van der Waals surface area contributed by atoms with Crippen LogP contribution in [0.25, 0.3) is 0 Å². The zero-order chi connectivity index (χ0) is 4.12. The van der Waals surface area contributed by atoms with E-state index >= 15 is 0 Å². The van der Waals surface area contributed by atoms with Gasteiger partial charge in [-0.1, -0.05) is 24.6 Å². The molecule has 0 bridgehead atoms. The van der Waals surface area contributed by atoms with Gasteiger partial charge in [-0.25, -0.2) is 0 Å². The molecule has 0 heterocycles. The molecule has 0 aliphatic rings. The van der Waals surface area contributed by atoms with Crippen LogP contribution >= 0.6 is 11.6 Å². The van der Waals surface area contributed by atoms with Crippen LogP contribution in [0.3, 0.4) is 0 Å². The van der Waals surface area contributed by atoms with Crippen molar-refractivity contribution in [2.45, 2.75) is 6.92 Å². The van der Waals surface area contributed by atoms with Crippen LogP contribution in [0, 0.1) is 6.42 Å². The minimum Gasteiger partial charge on any atom is -0.0933 e. The van der Waals surface area contributed by atoms with Gasteiger partial charge < -0.3 is 0 Å². The van der Waals surface area contributed by atoms with Gasteiger partial charge in [0.2, 0.25) is 0 Å². The second-order valence-corrected chi connectivity index (χ2v) is 0.904. The van der Waals surface area contributed by atoms with Crippen LogP contribution in [-0.2, 0) is 0 Å². The molecule has 0 aliphatic carbocycles. The fraction of sp³-hybridized carbons (Fsp3) is 0.250. The standard InChI is InChI=1S/C4H6Cl/c1-2-3-4-5/h2-4H,1H3/b4-3+. The molecule has 0 aromatic heterocycles. The maximum atomic E-state index is 5.09. The second-order valence-electron chi connectivity index (χ2n) is 0.652. The molecule has 0 aliphatic heterocycles. The van der Waals surface area contributed by atoms with E-state index in [0.717, 1.165) is 0 Å². The van der Waals surface area contributed by atoms with E-state index in [2.05, 4.69) is 0 Å². The van der Waals surface area contributed by atoms with Crippen LogP contribution < -0.4 is 0 Å². The summed E-state index contributed by atoms with van der Waals surface area (Å²) in [4.78, 5) is 0. The molecule has 0 amide bonds. The molecule has 0 fully saturated rings. The van der Waals surface area contributed by atoms with Gasteiger partial charge >= 0.3 is 0 Å². The Labute approximate surface area is 37.4 Å². The van der Waals surface area contributed by atoms with E-state index in [0.29, 0.717) is 0 Å². The van der Waals surface area contributed by atoms with E-state index in [4.69, 9.17) is 11.6 Å². The fourth-order valence-corrected chi connectivity index (χ4v) is 0.218. The molecule has 0 aromatic rings. The first-order valence-corrected chi connectivity index (χ1v) is 1.90. The van der Waals surface area contributed by atoms with Crippen LogP contribution in [0.1, 0.15) is 6.92 Å². The maximum absolute atomic E-state index is 5.09. The topological polar surface area (TPSA) is 0 Å². The first kappa shape index (κ1) is 5.03. The van der Waals surface area contributed by atoms with Gasteiger partial charge in [0.25, 0.3) is 0 Å². The zero-order valence-electron chi connectivity index (χ0n) is 3.11. The van der Waals surface area contributed by atoms with E-state index in [1.165, 1.54) is 5.54 Å². The lowest BCUT2D eigenvalue weighted by Crippen LogP contribution is -1.43. The summed E-state index contributed by atoms with van der Waals surface area (Å²) in [6.45, 7) is 1.92. The molecule has 0 N–H and O–H groups in total. The Bertz CT molecular complexity index is 30.6. The summed E-state index contributed by atoms with van der Waals surface area (Å²) in [5.41, 5.74) is 1.47. The molecule has 1 radical (unpaired) electrons.